The lowest BCUT2D eigenvalue weighted by molar-refractivity contribution is -0.145. The van der Waals surface area contributed by atoms with Gasteiger partial charge in [0.1, 0.15) is 22.7 Å². The summed E-state index contributed by atoms with van der Waals surface area (Å²) in [6.07, 6.45) is -0.227. The van der Waals surface area contributed by atoms with Crippen molar-refractivity contribution in [1.82, 2.24) is 15.2 Å². The van der Waals surface area contributed by atoms with Crippen molar-refractivity contribution >= 4 is 45.1 Å². The minimum atomic E-state index is -0.501. The van der Waals surface area contributed by atoms with Gasteiger partial charge in [-0.1, -0.05) is 41.6 Å². The number of ketones is 1. The van der Waals surface area contributed by atoms with Gasteiger partial charge in [-0.15, -0.1) is 21.5 Å². The smallest absolute Gasteiger partial charge is 0.313 e. The second-order valence-electron chi connectivity index (χ2n) is 5.94. The molecule has 8 heteroatoms. The van der Waals surface area contributed by atoms with Gasteiger partial charge in [0.25, 0.3) is 0 Å². The van der Waals surface area contributed by atoms with Gasteiger partial charge in [-0.25, -0.2) is 4.98 Å². The van der Waals surface area contributed by atoms with Gasteiger partial charge in [0.05, 0.1) is 22.1 Å². The van der Waals surface area contributed by atoms with E-state index >= 15 is 0 Å². The molecule has 0 fully saturated rings. The Morgan fingerprint density at radius 2 is 1.89 bits per heavy atom. The molecule has 0 aliphatic carbocycles. The Kier molecular flexibility index (Phi) is 6.18. The SMILES string of the molecule is CCOC(=O)CC(=O)CSc1nnc(-c2ccc(C)cc2)c2sc(C)nc12. The highest BCUT2D eigenvalue weighted by atomic mass is 32.2. The first kappa shape index (κ1) is 19.4. The van der Waals surface area contributed by atoms with Crippen LogP contribution in [0.2, 0.25) is 0 Å². The lowest BCUT2D eigenvalue weighted by Crippen LogP contribution is -2.12. The lowest BCUT2D eigenvalue weighted by Gasteiger charge is -2.05. The fraction of sp³-hybridized carbons (Fsp3) is 0.316. The van der Waals surface area contributed by atoms with Crippen LogP contribution in [0.15, 0.2) is 29.3 Å². The first-order valence-electron chi connectivity index (χ1n) is 8.49. The molecule has 0 unspecified atom stereocenters. The number of esters is 1. The monoisotopic (exact) mass is 401 g/mol. The number of aromatic nitrogens is 3. The molecule has 140 valence electrons. The number of carbonyl (C=O) groups excluding carboxylic acids is 2. The molecule has 1 aromatic carbocycles. The first-order valence-corrected chi connectivity index (χ1v) is 10.3. The maximum absolute atomic E-state index is 12.0. The summed E-state index contributed by atoms with van der Waals surface area (Å²) in [5.41, 5.74) is 3.70. The highest BCUT2D eigenvalue weighted by Gasteiger charge is 2.18. The number of hydrogen-bond acceptors (Lipinski definition) is 8. The maximum atomic E-state index is 12.0. The van der Waals surface area contributed by atoms with E-state index in [0.29, 0.717) is 5.03 Å². The number of benzene rings is 1. The van der Waals surface area contributed by atoms with Crippen LogP contribution >= 0.6 is 23.1 Å². The van der Waals surface area contributed by atoms with E-state index in [1.807, 2.05) is 38.1 Å². The summed E-state index contributed by atoms with van der Waals surface area (Å²) in [4.78, 5) is 28.0. The number of thioether (sulfide) groups is 1. The summed E-state index contributed by atoms with van der Waals surface area (Å²) >= 11 is 2.81. The van der Waals surface area contributed by atoms with E-state index in [9.17, 15) is 9.59 Å². The molecule has 2 aromatic heterocycles. The summed E-state index contributed by atoms with van der Waals surface area (Å²) in [6.45, 7) is 5.95. The van der Waals surface area contributed by atoms with Gasteiger partial charge in [-0.3, -0.25) is 9.59 Å². The number of rotatable bonds is 7. The van der Waals surface area contributed by atoms with Crippen LogP contribution in [0.5, 0.6) is 0 Å². The Morgan fingerprint density at radius 1 is 1.15 bits per heavy atom. The van der Waals surface area contributed by atoms with Crippen molar-refractivity contribution in [2.45, 2.75) is 32.2 Å². The average molecular weight is 402 g/mol. The zero-order chi connectivity index (χ0) is 19.4. The van der Waals surface area contributed by atoms with Crippen LogP contribution in [0, 0.1) is 13.8 Å². The Labute approximate surface area is 165 Å². The average Bonchev–Trinajstić information content (AvgIpc) is 3.02. The fourth-order valence-corrected chi connectivity index (χ4v) is 4.27. The normalized spacial score (nSPS) is 10.9. The molecule has 3 aromatic rings. The number of hydrogen-bond donors (Lipinski definition) is 0. The molecule has 0 saturated heterocycles. The standard InChI is InChI=1S/C19H19N3O3S2/c1-4-25-15(24)9-14(23)10-26-19-17-18(27-12(3)20-17)16(21-22-19)13-7-5-11(2)6-8-13/h5-8H,4,9-10H2,1-3H3. The van der Waals surface area contributed by atoms with Gasteiger partial charge in [-0.2, -0.15) is 0 Å². The number of Topliss-reactive ketones (excluding diaryl/α,β-unsaturated/α-hetero) is 1. The van der Waals surface area contributed by atoms with Gasteiger partial charge >= 0.3 is 5.97 Å². The van der Waals surface area contributed by atoms with Crippen molar-refractivity contribution in [3.8, 4) is 11.3 Å². The zero-order valence-electron chi connectivity index (χ0n) is 15.3. The number of carbonyl (C=O) groups is 2. The molecular weight excluding hydrogens is 382 g/mol. The Morgan fingerprint density at radius 3 is 2.59 bits per heavy atom. The number of aryl methyl sites for hydroxylation is 2. The molecule has 0 radical (unpaired) electrons. The van der Waals surface area contributed by atoms with Crippen molar-refractivity contribution in [3.05, 3.63) is 34.8 Å². The summed E-state index contributed by atoms with van der Waals surface area (Å²) in [5.74, 6) is -0.579. The fourth-order valence-electron chi connectivity index (χ4n) is 2.49. The third kappa shape index (κ3) is 4.70. The quantitative estimate of drug-likeness (QED) is 0.336. The molecule has 0 atom stereocenters. The molecule has 0 spiro atoms. The molecule has 6 nitrogen and oxygen atoms in total. The van der Waals surface area contributed by atoms with Crippen molar-refractivity contribution in [1.29, 1.82) is 0 Å². The Balaban J connectivity index is 1.83. The van der Waals surface area contributed by atoms with Crippen LogP contribution in [0.25, 0.3) is 21.5 Å². The second-order valence-corrected chi connectivity index (χ2v) is 8.11. The molecule has 2 heterocycles. The van der Waals surface area contributed by atoms with Crippen LogP contribution in [0.4, 0.5) is 0 Å². The topological polar surface area (TPSA) is 82.0 Å². The molecule has 0 aliphatic rings. The van der Waals surface area contributed by atoms with E-state index in [0.717, 1.165) is 26.5 Å². The van der Waals surface area contributed by atoms with Crippen molar-refractivity contribution < 1.29 is 14.3 Å². The van der Waals surface area contributed by atoms with Gasteiger partial charge in [0, 0.05) is 5.56 Å². The molecule has 3 rings (SSSR count). The van der Waals surface area contributed by atoms with Gasteiger partial charge in [0.15, 0.2) is 5.78 Å². The van der Waals surface area contributed by atoms with Crippen LogP contribution in [0.1, 0.15) is 23.9 Å². The molecule has 0 aliphatic heterocycles. The number of ether oxygens (including phenoxy) is 1. The summed E-state index contributed by atoms with van der Waals surface area (Å²) in [5, 5.41) is 10.2. The zero-order valence-corrected chi connectivity index (χ0v) is 16.9. The van der Waals surface area contributed by atoms with E-state index < -0.39 is 5.97 Å². The molecule has 0 amide bonds. The van der Waals surface area contributed by atoms with Crippen LogP contribution in [-0.2, 0) is 14.3 Å². The van der Waals surface area contributed by atoms with Crippen molar-refractivity contribution in [3.63, 3.8) is 0 Å². The van der Waals surface area contributed by atoms with Gasteiger partial charge in [-0.05, 0) is 20.8 Å². The largest absolute Gasteiger partial charge is 0.466 e. The van der Waals surface area contributed by atoms with Crippen LogP contribution in [-0.4, -0.2) is 39.3 Å². The van der Waals surface area contributed by atoms with E-state index in [2.05, 4.69) is 15.2 Å². The summed E-state index contributed by atoms with van der Waals surface area (Å²) in [7, 11) is 0. The van der Waals surface area contributed by atoms with Crippen LogP contribution in [0.3, 0.4) is 0 Å². The van der Waals surface area contributed by atoms with E-state index in [1.165, 1.54) is 17.3 Å². The molecule has 27 heavy (non-hydrogen) atoms. The summed E-state index contributed by atoms with van der Waals surface area (Å²) in [6, 6.07) is 8.11. The minimum absolute atomic E-state index is 0.128. The second kappa shape index (κ2) is 8.58. The predicted molar refractivity (Wildman–Crippen MR) is 107 cm³/mol. The number of thiazole rings is 1. The third-order valence-corrected chi connectivity index (χ3v) is 5.73. The highest BCUT2D eigenvalue weighted by Crippen LogP contribution is 2.35. The molecule has 0 saturated carbocycles. The Bertz CT molecular complexity index is 984. The van der Waals surface area contributed by atoms with E-state index in [-0.39, 0.29) is 24.6 Å². The number of nitrogens with zero attached hydrogens (tertiary/aromatic N) is 3. The van der Waals surface area contributed by atoms with Gasteiger partial charge in [0.2, 0.25) is 0 Å². The number of fused-ring (bicyclic) bond motifs is 1. The van der Waals surface area contributed by atoms with Crippen molar-refractivity contribution in [2.24, 2.45) is 0 Å². The van der Waals surface area contributed by atoms with E-state index in [1.54, 1.807) is 18.3 Å². The van der Waals surface area contributed by atoms with Crippen LogP contribution < -0.4 is 0 Å². The summed E-state index contributed by atoms with van der Waals surface area (Å²) < 4.78 is 5.75. The lowest BCUT2D eigenvalue weighted by atomic mass is 10.1. The first-order chi connectivity index (χ1) is 13.0. The highest BCUT2D eigenvalue weighted by molar-refractivity contribution is 8.00. The Hall–Kier alpha value is -2.32. The van der Waals surface area contributed by atoms with E-state index in [4.69, 9.17) is 4.74 Å². The molecule has 0 bridgehead atoms. The minimum Gasteiger partial charge on any atom is -0.466 e. The molecular formula is C19H19N3O3S2. The third-order valence-electron chi connectivity index (χ3n) is 3.73. The maximum Gasteiger partial charge on any atom is 0.313 e. The predicted octanol–water partition coefficient (Wildman–Crippen LogP) is 3.98. The van der Waals surface area contributed by atoms with Crippen molar-refractivity contribution in [2.75, 3.05) is 12.4 Å². The van der Waals surface area contributed by atoms with Gasteiger partial charge < -0.3 is 4.74 Å². The molecule has 0 N–H and O–H groups in total.